The maximum Gasteiger partial charge on any atom is 0.270 e. The quantitative estimate of drug-likeness (QED) is 0.234. The molecule has 5 rings (SSSR count). The first kappa shape index (κ1) is 19.5. The molecular weight excluding hydrogens is 398 g/mol. The lowest BCUT2D eigenvalue weighted by molar-refractivity contribution is -0.384. The van der Waals surface area contributed by atoms with Gasteiger partial charge in [0.2, 0.25) is 0 Å². The second-order valence-corrected chi connectivity index (χ2v) is 7.41. The summed E-state index contributed by atoms with van der Waals surface area (Å²) in [6.45, 7) is 0. The average molecular weight is 417 g/mol. The van der Waals surface area contributed by atoms with E-state index in [1.807, 2.05) is 65.3 Å². The molecule has 4 aromatic carbocycles. The zero-order valence-corrected chi connectivity index (χ0v) is 17.1. The molecule has 0 spiro atoms. The van der Waals surface area contributed by atoms with Crippen molar-refractivity contribution in [2.24, 2.45) is 0 Å². The molecule has 0 bridgehead atoms. The van der Waals surface area contributed by atoms with Gasteiger partial charge in [-0.2, -0.15) is 5.10 Å². The number of non-ortho nitro benzene ring substituents is 1. The molecule has 0 fully saturated rings. The van der Waals surface area contributed by atoms with E-state index in [-0.39, 0.29) is 10.6 Å². The molecule has 0 aliphatic carbocycles. The highest BCUT2D eigenvalue weighted by molar-refractivity contribution is 5.74. The predicted molar refractivity (Wildman–Crippen MR) is 127 cm³/mol. The van der Waals surface area contributed by atoms with Gasteiger partial charge in [0, 0.05) is 23.3 Å². The Morgan fingerprint density at radius 1 is 0.625 bits per heavy atom. The van der Waals surface area contributed by atoms with E-state index in [4.69, 9.17) is 5.10 Å². The minimum absolute atomic E-state index is 0.0528. The highest BCUT2D eigenvalue weighted by Crippen LogP contribution is 2.31. The van der Waals surface area contributed by atoms with Gasteiger partial charge in [-0.05, 0) is 29.3 Å². The van der Waals surface area contributed by atoms with Crippen molar-refractivity contribution >= 4 is 5.69 Å². The Morgan fingerprint density at radius 3 is 1.91 bits per heavy atom. The van der Waals surface area contributed by atoms with Crippen molar-refractivity contribution < 1.29 is 4.92 Å². The maximum atomic E-state index is 11.3. The van der Waals surface area contributed by atoms with Crippen LogP contribution in [0.2, 0.25) is 0 Å². The molecule has 32 heavy (non-hydrogen) atoms. The van der Waals surface area contributed by atoms with E-state index in [9.17, 15) is 10.1 Å². The first-order valence-electron chi connectivity index (χ1n) is 10.3. The lowest BCUT2D eigenvalue weighted by atomic mass is 10.0. The second kappa shape index (κ2) is 8.32. The predicted octanol–water partition coefficient (Wildman–Crippen LogP) is 6.78. The Hall–Kier alpha value is -4.51. The number of aromatic nitrogens is 2. The Bertz CT molecular complexity index is 1380. The Labute approximate surface area is 185 Å². The highest BCUT2D eigenvalue weighted by atomic mass is 16.6. The van der Waals surface area contributed by atoms with Crippen molar-refractivity contribution in [1.29, 1.82) is 0 Å². The van der Waals surface area contributed by atoms with E-state index in [1.165, 1.54) is 6.07 Å². The van der Waals surface area contributed by atoms with E-state index < -0.39 is 0 Å². The lowest BCUT2D eigenvalue weighted by Crippen LogP contribution is -1.99. The van der Waals surface area contributed by atoms with Gasteiger partial charge in [0.05, 0.1) is 22.0 Å². The number of nitro groups is 1. The monoisotopic (exact) mass is 417 g/mol. The molecule has 0 saturated carbocycles. The van der Waals surface area contributed by atoms with Crippen molar-refractivity contribution in [3.8, 4) is 39.3 Å². The standard InChI is InChI=1S/C27H19N3O2/c31-30(32)25-13-7-10-23(18-25)27-19-26(28-29(27)24-11-5-2-6-12-24)22-16-14-21(15-17-22)20-8-3-1-4-9-20/h1-19H. The molecule has 0 aliphatic heterocycles. The first-order valence-corrected chi connectivity index (χ1v) is 10.3. The van der Waals surface area contributed by atoms with E-state index in [2.05, 4.69) is 36.4 Å². The molecule has 0 radical (unpaired) electrons. The van der Waals surface area contributed by atoms with Gasteiger partial charge in [0.1, 0.15) is 0 Å². The molecule has 5 heteroatoms. The number of rotatable bonds is 5. The summed E-state index contributed by atoms with van der Waals surface area (Å²) in [4.78, 5) is 10.9. The van der Waals surface area contributed by atoms with Crippen LogP contribution in [0.5, 0.6) is 0 Å². The largest absolute Gasteiger partial charge is 0.270 e. The van der Waals surface area contributed by atoms with Crippen LogP contribution in [0.25, 0.3) is 39.3 Å². The summed E-state index contributed by atoms with van der Waals surface area (Å²) < 4.78 is 1.83. The van der Waals surface area contributed by atoms with Crippen LogP contribution in [0, 0.1) is 10.1 Å². The highest BCUT2D eigenvalue weighted by Gasteiger charge is 2.15. The fraction of sp³-hybridized carbons (Fsp3) is 0. The summed E-state index contributed by atoms with van der Waals surface area (Å²) in [7, 11) is 0. The van der Waals surface area contributed by atoms with E-state index >= 15 is 0 Å². The van der Waals surface area contributed by atoms with Crippen LogP contribution < -0.4 is 0 Å². The van der Waals surface area contributed by atoms with Crippen molar-refractivity contribution in [1.82, 2.24) is 9.78 Å². The Morgan fingerprint density at radius 2 is 1.22 bits per heavy atom. The van der Waals surface area contributed by atoms with Crippen LogP contribution in [-0.2, 0) is 0 Å². The molecular formula is C27H19N3O2. The summed E-state index contributed by atoms with van der Waals surface area (Å²) in [5, 5.41) is 16.1. The van der Waals surface area contributed by atoms with Gasteiger partial charge >= 0.3 is 0 Å². The van der Waals surface area contributed by atoms with Gasteiger partial charge in [0.25, 0.3) is 5.69 Å². The number of hydrogen-bond donors (Lipinski definition) is 0. The van der Waals surface area contributed by atoms with Crippen molar-refractivity contribution in [3.05, 3.63) is 125 Å². The normalized spacial score (nSPS) is 10.8. The second-order valence-electron chi connectivity index (χ2n) is 7.41. The molecule has 1 heterocycles. The number of benzene rings is 4. The van der Waals surface area contributed by atoms with Gasteiger partial charge < -0.3 is 0 Å². The fourth-order valence-electron chi connectivity index (χ4n) is 3.74. The molecule has 1 aromatic heterocycles. The van der Waals surface area contributed by atoms with Gasteiger partial charge in [-0.15, -0.1) is 0 Å². The van der Waals surface area contributed by atoms with Crippen LogP contribution in [0.4, 0.5) is 5.69 Å². The lowest BCUT2D eigenvalue weighted by Gasteiger charge is -2.07. The van der Waals surface area contributed by atoms with Crippen molar-refractivity contribution in [2.45, 2.75) is 0 Å². The number of nitro benzene ring substituents is 1. The third kappa shape index (κ3) is 3.79. The molecule has 0 saturated heterocycles. The third-order valence-electron chi connectivity index (χ3n) is 5.35. The van der Waals surface area contributed by atoms with Crippen LogP contribution in [-0.4, -0.2) is 14.7 Å². The number of para-hydroxylation sites is 1. The Balaban J connectivity index is 1.60. The number of hydrogen-bond acceptors (Lipinski definition) is 3. The molecule has 5 nitrogen and oxygen atoms in total. The van der Waals surface area contributed by atoms with Gasteiger partial charge in [-0.3, -0.25) is 10.1 Å². The van der Waals surface area contributed by atoms with Gasteiger partial charge in [-0.1, -0.05) is 84.9 Å². The smallest absolute Gasteiger partial charge is 0.258 e. The molecule has 0 N–H and O–H groups in total. The minimum Gasteiger partial charge on any atom is -0.258 e. The fourth-order valence-corrected chi connectivity index (χ4v) is 3.74. The van der Waals surface area contributed by atoms with Crippen LogP contribution in [0.1, 0.15) is 0 Å². The van der Waals surface area contributed by atoms with Gasteiger partial charge in [0.15, 0.2) is 0 Å². The zero-order valence-electron chi connectivity index (χ0n) is 17.1. The van der Waals surface area contributed by atoms with E-state index in [0.717, 1.165) is 39.3 Å². The minimum atomic E-state index is -0.379. The SMILES string of the molecule is O=[N+]([O-])c1cccc(-c2cc(-c3ccc(-c4ccccc4)cc3)nn2-c2ccccc2)c1. The molecule has 0 atom stereocenters. The average Bonchev–Trinajstić information content (AvgIpc) is 3.31. The zero-order chi connectivity index (χ0) is 21.9. The molecule has 0 aliphatic rings. The Kier molecular flexibility index (Phi) is 5.06. The summed E-state index contributed by atoms with van der Waals surface area (Å²) >= 11 is 0. The molecule has 0 amide bonds. The first-order chi connectivity index (χ1) is 15.7. The van der Waals surface area contributed by atoms with Crippen LogP contribution in [0.3, 0.4) is 0 Å². The van der Waals surface area contributed by atoms with E-state index in [0.29, 0.717) is 0 Å². The summed E-state index contributed by atoms with van der Waals surface area (Å²) in [5.41, 5.74) is 6.55. The third-order valence-corrected chi connectivity index (χ3v) is 5.35. The van der Waals surface area contributed by atoms with Crippen molar-refractivity contribution in [3.63, 3.8) is 0 Å². The van der Waals surface area contributed by atoms with Crippen LogP contribution in [0.15, 0.2) is 115 Å². The maximum absolute atomic E-state index is 11.3. The van der Waals surface area contributed by atoms with E-state index in [1.54, 1.807) is 12.1 Å². The van der Waals surface area contributed by atoms with Gasteiger partial charge in [-0.25, -0.2) is 4.68 Å². The summed E-state index contributed by atoms with van der Waals surface area (Å²) in [6, 6.07) is 36.9. The van der Waals surface area contributed by atoms with Crippen molar-refractivity contribution in [2.75, 3.05) is 0 Å². The molecule has 0 unspecified atom stereocenters. The number of nitrogens with zero attached hydrogens (tertiary/aromatic N) is 3. The molecule has 5 aromatic rings. The summed E-state index contributed by atoms with van der Waals surface area (Å²) in [6.07, 6.45) is 0. The van der Waals surface area contributed by atoms with Crippen LogP contribution >= 0.6 is 0 Å². The molecule has 154 valence electrons. The topological polar surface area (TPSA) is 61.0 Å². The summed E-state index contributed by atoms with van der Waals surface area (Å²) in [5.74, 6) is 0.